The third kappa shape index (κ3) is 1.48. The molecule has 6 heteroatoms. The highest BCUT2D eigenvalue weighted by Gasteiger charge is 2.07. The van der Waals surface area contributed by atoms with Crippen LogP contribution < -0.4 is 5.73 Å². The van der Waals surface area contributed by atoms with Gasteiger partial charge in [0.2, 0.25) is 4.96 Å². The summed E-state index contributed by atoms with van der Waals surface area (Å²) >= 11 is 1.51. The molecule has 2 aromatic heterocycles. The zero-order valence-electron chi connectivity index (χ0n) is 8.37. The molecule has 0 aliphatic rings. The molecule has 0 fully saturated rings. The molecule has 0 radical (unpaired) electrons. The summed E-state index contributed by atoms with van der Waals surface area (Å²) in [7, 11) is 0. The summed E-state index contributed by atoms with van der Waals surface area (Å²) in [6.45, 7) is 0.540. The topological polar surface area (TPSA) is 69.1 Å². The number of fused-ring (bicyclic) bond motifs is 1. The van der Waals surface area contributed by atoms with Crippen LogP contribution in [0.5, 0.6) is 0 Å². The Morgan fingerprint density at radius 1 is 1.38 bits per heavy atom. The van der Waals surface area contributed by atoms with Crippen molar-refractivity contribution in [1.82, 2.24) is 19.8 Å². The van der Waals surface area contributed by atoms with Gasteiger partial charge in [-0.05, 0) is 11.6 Å². The first kappa shape index (κ1) is 9.44. The Kier molecular flexibility index (Phi) is 2.16. The number of aromatic nitrogens is 4. The van der Waals surface area contributed by atoms with Gasteiger partial charge in [-0.15, -0.1) is 10.2 Å². The van der Waals surface area contributed by atoms with E-state index in [4.69, 9.17) is 5.73 Å². The predicted molar refractivity (Wildman–Crippen MR) is 62.0 cm³/mol. The molecule has 3 aromatic rings. The van der Waals surface area contributed by atoms with Crippen molar-refractivity contribution in [2.45, 2.75) is 6.54 Å². The molecule has 0 bridgehead atoms. The molecule has 3 rings (SSSR count). The van der Waals surface area contributed by atoms with Crippen LogP contribution in [0.4, 0.5) is 0 Å². The van der Waals surface area contributed by atoms with Crippen molar-refractivity contribution in [1.29, 1.82) is 0 Å². The quantitative estimate of drug-likeness (QED) is 0.722. The molecule has 2 heterocycles. The number of benzene rings is 1. The Labute approximate surface area is 95.5 Å². The van der Waals surface area contributed by atoms with Crippen molar-refractivity contribution in [3.63, 3.8) is 0 Å². The van der Waals surface area contributed by atoms with Crippen molar-refractivity contribution >= 4 is 16.3 Å². The fourth-order valence-corrected chi connectivity index (χ4v) is 2.32. The molecule has 0 saturated carbocycles. The Balaban J connectivity index is 2.11. The van der Waals surface area contributed by atoms with E-state index in [1.54, 1.807) is 10.8 Å². The smallest absolute Gasteiger partial charge is 0.234 e. The predicted octanol–water partition coefficient (Wildman–Crippen LogP) is 1.31. The summed E-state index contributed by atoms with van der Waals surface area (Å²) in [6, 6.07) is 8.06. The maximum Gasteiger partial charge on any atom is 0.234 e. The molecule has 2 N–H and O–H groups in total. The standard InChI is InChI=1S/C10H9N5S/c11-5-7-2-1-3-8(4-7)9-14-15-6-12-13-10(15)16-9/h1-4,6H,5,11H2. The van der Waals surface area contributed by atoms with Crippen molar-refractivity contribution < 1.29 is 0 Å². The molecule has 0 aliphatic heterocycles. The van der Waals surface area contributed by atoms with Crippen LogP contribution in [0.25, 0.3) is 15.5 Å². The van der Waals surface area contributed by atoms with E-state index in [9.17, 15) is 0 Å². The van der Waals surface area contributed by atoms with Gasteiger partial charge in [0.25, 0.3) is 0 Å². The Bertz CT molecular complexity index is 598. The fourth-order valence-electron chi connectivity index (χ4n) is 1.51. The summed E-state index contributed by atoms with van der Waals surface area (Å²) in [6.07, 6.45) is 1.60. The second-order valence-electron chi connectivity index (χ2n) is 3.37. The largest absolute Gasteiger partial charge is 0.326 e. The van der Waals surface area contributed by atoms with Gasteiger partial charge in [0, 0.05) is 12.1 Å². The first-order valence-corrected chi connectivity index (χ1v) is 5.65. The molecule has 1 aromatic carbocycles. The van der Waals surface area contributed by atoms with Gasteiger partial charge in [0.1, 0.15) is 11.3 Å². The lowest BCUT2D eigenvalue weighted by Crippen LogP contribution is -1.95. The van der Waals surface area contributed by atoms with E-state index in [1.165, 1.54) is 11.3 Å². The zero-order chi connectivity index (χ0) is 11.0. The van der Waals surface area contributed by atoms with Gasteiger partial charge in [-0.25, -0.2) is 0 Å². The van der Waals surface area contributed by atoms with E-state index >= 15 is 0 Å². The highest BCUT2D eigenvalue weighted by molar-refractivity contribution is 7.19. The Morgan fingerprint density at radius 2 is 2.31 bits per heavy atom. The molecule has 80 valence electrons. The normalized spacial score (nSPS) is 11.1. The van der Waals surface area contributed by atoms with Crippen LogP contribution in [0.3, 0.4) is 0 Å². The monoisotopic (exact) mass is 231 g/mol. The second-order valence-corrected chi connectivity index (χ2v) is 4.33. The van der Waals surface area contributed by atoms with Gasteiger partial charge < -0.3 is 5.73 Å². The molecule has 0 spiro atoms. The molecule has 0 amide bonds. The molecular weight excluding hydrogens is 222 g/mol. The molecule has 0 unspecified atom stereocenters. The van der Waals surface area contributed by atoms with E-state index in [2.05, 4.69) is 15.3 Å². The molecule has 5 nitrogen and oxygen atoms in total. The minimum absolute atomic E-state index is 0.540. The van der Waals surface area contributed by atoms with E-state index in [1.807, 2.05) is 24.3 Å². The first-order valence-electron chi connectivity index (χ1n) is 4.83. The molecule has 16 heavy (non-hydrogen) atoms. The number of rotatable bonds is 2. The Morgan fingerprint density at radius 3 is 3.12 bits per heavy atom. The van der Waals surface area contributed by atoms with Crippen LogP contribution in [0, 0.1) is 0 Å². The van der Waals surface area contributed by atoms with Crippen LogP contribution in [-0.4, -0.2) is 19.8 Å². The van der Waals surface area contributed by atoms with E-state index in [-0.39, 0.29) is 0 Å². The Hall–Kier alpha value is -1.79. The molecule has 0 atom stereocenters. The van der Waals surface area contributed by atoms with Crippen LogP contribution >= 0.6 is 11.3 Å². The van der Waals surface area contributed by atoms with E-state index in [0.717, 1.165) is 21.1 Å². The lowest BCUT2D eigenvalue weighted by molar-refractivity contribution is 0.959. The van der Waals surface area contributed by atoms with Gasteiger partial charge in [-0.3, -0.25) is 0 Å². The van der Waals surface area contributed by atoms with Crippen molar-refractivity contribution in [3.05, 3.63) is 36.2 Å². The van der Waals surface area contributed by atoms with Gasteiger partial charge in [-0.1, -0.05) is 29.5 Å². The zero-order valence-corrected chi connectivity index (χ0v) is 9.18. The highest BCUT2D eigenvalue weighted by Crippen LogP contribution is 2.25. The van der Waals surface area contributed by atoms with Crippen LogP contribution in [0.2, 0.25) is 0 Å². The molecule has 0 saturated heterocycles. The maximum atomic E-state index is 5.61. The molecule has 0 aliphatic carbocycles. The number of hydrogen-bond acceptors (Lipinski definition) is 5. The summed E-state index contributed by atoms with van der Waals surface area (Å²) in [4.78, 5) is 0.799. The summed E-state index contributed by atoms with van der Waals surface area (Å²) < 4.78 is 1.68. The minimum atomic E-state index is 0.540. The van der Waals surface area contributed by atoms with Crippen LogP contribution in [0.15, 0.2) is 30.6 Å². The second kappa shape index (κ2) is 3.66. The van der Waals surface area contributed by atoms with Gasteiger partial charge >= 0.3 is 0 Å². The minimum Gasteiger partial charge on any atom is -0.326 e. The van der Waals surface area contributed by atoms with Crippen molar-refractivity contribution in [3.8, 4) is 10.6 Å². The van der Waals surface area contributed by atoms with Crippen LogP contribution in [0.1, 0.15) is 5.56 Å². The number of nitrogens with two attached hydrogens (primary N) is 1. The summed E-state index contributed by atoms with van der Waals surface area (Å²) in [5.41, 5.74) is 7.78. The average Bonchev–Trinajstić information content (AvgIpc) is 2.89. The average molecular weight is 231 g/mol. The first-order chi connectivity index (χ1) is 7.86. The van der Waals surface area contributed by atoms with Crippen molar-refractivity contribution in [2.75, 3.05) is 0 Å². The summed E-state index contributed by atoms with van der Waals surface area (Å²) in [5, 5.41) is 13.0. The third-order valence-electron chi connectivity index (χ3n) is 2.30. The third-order valence-corrected chi connectivity index (χ3v) is 3.26. The van der Waals surface area contributed by atoms with E-state index < -0.39 is 0 Å². The van der Waals surface area contributed by atoms with Crippen LogP contribution in [-0.2, 0) is 6.54 Å². The van der Waals surface area contributed by atoms with Crippen molar-refractivity contribution in [2.24, 2.45) is 5.73 Å². The fraction of sp³-hybridized carbons (Fsp3) is 0.100. The van der Waals surface area contributed by atoms with Gasteiger partial charge in [-0.2, -0.15) is 9.61 Å². The van der Waals surface area contributed by atoms with Gasteiger partial charge in [0.05, 0.1) is 0 Å². The van der Waals surface area contributed by atoms with E-state index in [0.29, 0.717) is 6.54 Å². The SMILES string of the molecule is NCc1cccc(-c2nn3cnnc3s2)c1. The lowest BCUT2D eigenvalue weighted by Gasteiger charge is -1.98. The number of nitrogens with zero attached hydrogens (tertiary/aromatic N) is 4. The number of hydrogen-bond donors (Lipinski definition) is 1. The van der Waals surface area contributed by atoms with Gasteiger partial charge in [0.15, 0.2) is 0 Å². The maximum absolute atomic E-state index is 5.61. The lowest BCUT2D eigenvalue weighted by atomic mass is 10.1. The summed E-state index contributed by atoms with van der Waals surface area (Å²) in [5.74, 6) is 0. The highest BCUT2D eigenvalue weighted by atomic mass is 32.1. The molecular formula is C10H9N5S.